The third-order valence-electron chi connectivity index (χ3n) is 4.66. The molecule has 2 rings (SSSR count). The summed E-state index contributed by atoms with van der Waals surface area (Å²) in [5.74, 6) is 0.612. The zero-order valence-electron chi connectivity index (χ0n) is 15.1. The van der Waals surface area contributed by atoms with Crippen LogP contribution in [0.15, 0.2) is 29.2 Å². The maximum absolute atomic E-state index is 12.2. The summed E-state index contributed by atoms with van der Waals surface area (Å²) in [4.78, 5) is 1.27. The Morgan fingerprint density at radius 1 is 1.08 bits per heavy atom. The summed E-state index contributed by atoms with van der Waals surface area (Å²) in [6, 6.07) is 8.59. The molecule has 4 nitrogen and oxygen atoms in total. The standard InChI is InChI=1S/C18H30N2O2S2/c1-18(2,3)24(21,22)20-16-7-5-14(6-8-16)13-19-15-9-11-17(23-4)12-10-15/h9-12,14,16,19-20H,5-8,13H2,1-4H3/t14-,16-. The van der Waals surface area contributed by atoms with Crippen LogP contribution in [0.3, 0.4) is 0 Å². The zero-order chi connectivity index (χ0) is 17.8. The molecule has 0 saturated heterocycles. The number of sulfonamides is 1. The van der Waals surface area contributed by atoms with E-state index in [1.165, 1.54) is 4.90 Å². The van der Waals surface area contributed by atoms with E-state index in [-0.39, 0.29) is 6.04 Å². The van der Waals surface area contributed by atoms with E-state index in [0.29, 0.717) is 5.92 Å². The number of nitrogens with one attached hydrogen (secondary N) is 2. The fraction of sp³-hybridized carbons (Fsp3) is 0.667. The third kappa shape index (κ3) is 5.39. The molecule has 0 unspecified atom stereocenters. The average molecular weight is 371 g/mol. The van der Waals surface area contributed by atoms with Gasteiger partial charge in [-0.3, -0.25) is 0 Å². The van der Waals surface area contributed by atoms with Crippen molar-refractivity contribution >= 4 is 27.5 Å². The molecule has 1 saturated carbocycles. The molecule has 1 fully saturated rings. The Kier molecular flexibility index (Phi) is 6.62. The number of hydrogen-bond donors (Lipinski definition) is 2. The van der Waals surface area contributed by atoms with Crippen LogP contribution in [-0.2, 0) is 10.0 Å². The van der Waals surface area contributed by atoms with Gasteiger partial charge in [-0.2, -0.15) is 0 Å². The van der Waals surface area contributed by atoms with Crippen LogP contribution in [0.4, 0.5) is 5.69 Å². The molecule has 0 atom stereocenters. The van der Waals surface area contributed by atoms with Gasteiger partial charge in [0.2, 0.25) is 10.0 Å². The van der Waals surface area contributed by atoms with Gasteiger partial charge in [0.1, 0.15) is 0 Å². The molecule has 1 aromatic carbocycles. The first kappa shape index (κ1) is 19.6. The van der Waals surface area contributed by atoms with Gasteiger partial charge in [-0.15, -0.1) is 11.8 Å². The Balaban J connectivity index is 1.76. The van der Waals surface area contributed by atoms with E-state index in [2.05, 4.69) is 40.6 Å². The Hall–Kier alpha value is -0.720. The molecule has 0 aliphatic heterocycles. The minimum atomic E-state index is -3.24. The van der Waals surface area contributed by atoms with Crippen molar-refractivity contribution in [1.82, 2.24) is 4.72 Å². The summed E-state index contributed by atoms with van der Waals surface area (Å²) in [6.45, 7) is 6.19. The topological polar surface area (TPSA) is 58.2 Å². The summed E-state index contributed by atoms with van der Waals surface area (Å²) in [5, 5.41) is 3.51. The van der Waals surface area contributed by atoms with Gasteiger partial charge >= 0.3 is 0 Å². The van der Waals surface area contributed by atoms with E-state index >= 15 is 0 Å². The lowest BCUT2D eigenvalue weighted by Crippen LogP contribution is -2.46. The highest BCUT2D eigenvalue weighted by molar-refractivity contribution is 7.98. The minimum Gasteiger partial charge on any atom is -0.385 e. The number of benzene rings is 1. The van der Waals surface area contributed by atoms with Crippen molar-refractivity contribution in [2.45, 2.75) is 62.1 Å². The molecule has 0 amide bonds. The second kappa shape index (κ2) is 8.11. The molecule has 6 heteroatoms. The maximum atomic E-state index is 12.2. The Morgan fingerprint density at radius 2 is 1.67 bits per heavy atom. The molecule has 0 radical (unpaired) electrons. The van der Waals surface area contributed by atoms with Gasteiger partial charge in [0.15, 0.2) is 0 Å². The number of hydrogen-bond acceptors (Lipinski definition) is 4. The summed E-state index contributed by atoms with van der Waals surface area (Å²) >= 11 is 1.75. The van der Waals surface area contributed by atoms with Crippen LogP contribution in [0.25, 0.3) is 0 Å². The quantitative estimate of drug-likeness (QED) is 0.740. The second-order valence-corrected chi connectivity index (χ2v) is 10.9. The first-order valence-electron chi connectivity index (χ1n) is 8.61. The highest BCUT2D eigenvalue weighted by atomic mass is 32.2. The molecule has 24 heavy (non-hydrogen) atoms. The Morgan fingerprint density at radius 3 is 2.17 bits per heavy atom. The van der Waals surface area contributed by atoms with Crippen molar-refractivity contribution in [3.05, 3.63) is 24.3 Å². The number of anilines is 1. The van der Waals surface area contributed by atoms with Gasteiger partial charge in [0.25, 0.3) is 0 Å². The van der Waals surface area contributed by atoms with E-state index in [9.17, 15) is 8.42 Å². The summed E-state index contributed by atoms with van der Waals surface area (Å²) in [5.41, 5.74) is 1.16. The van der Waals surface area contributed by atoms with Crippen molar-refractivity contribution in [2.24, 2.45) is 5.92 Å². The fourth-order valence-electron chi connectivity index (χ4n) is 2.85. The molecule has 1 aromatic rings. The normalized spacial score (nSPS) is 22.3. The molecule has 1 aliphatic carbocycles. The number of rotatable bonds is 6. The van der Waals surface area contributed by atoms with Gasteiger partial charge in [0, 0.05) is 23.2 Å². The predicted molar refractivity (Wildman–Crippen MR) is 104 cm³/mol. The first-order valence-corrected chi connectivity index (χ1v) is 11.3. The number of thioether (sulfide) groups is 1. The zero-order valence-corrected chi connectivity index (χ0v) is 16.8. The van der Waals surface area contributed by atoms with Gasteiger partial charge in [-0.05, 0) is 82.9 Å². The lowest BCUT2D eigenvalue weighted by molar-refractivity contribution is 0.322. The molecule has 0 heterocycles. The van der Waals surface area contributed by atoms with Crippen LogP contribution < -0.4 is 10.0 Å². The van der Waals surface area contributed by atoms with Crippen molar-refractivity contribution in [2.75, 3.05) is 18.1 Å². The van der Waals surface area contributed by atoms with Crippen LogP contribution in [0.2, 0.25) is 0 Å². The Bertz CT molecular complexity index is 613. The SMILES string of the molecule is CSc1ccc(NC[C@H]2CC[C@H](NS(=O)(=O)C(C)(C)C)CC2)cc1. The lowest BCUT2D eigenvalue weighted by atomic mass is 9.86. The van der Waals surface area contributed by atoms with Crippen molar-refractivity contribution in [3.8, 4) is 0 Å². The minimum absolute atomic E-state index is 0.0892. The van der Waals surface area contributed by atoms with Gasteiger partial charge in [-0.1, -0.05) is 0 Å². The van der Waals surface area contributed by atoms with Crippen LogP contribution in [0, 0.1) is 5.92 Å². The van der Waals surface area contributed by atoms with Crippen LogP contribution >= 0.6 is 11.8 Å². The maximum Gasteiger partial charge on any atom is 0.216 e. The summed E-state index contributed by atoms with van der Waals surface area (Å²) < 4.78 is 26.6. The van der Waals surface area contributed by atoms with Crippen LogP contribution in [0.5, 0.6) is 0 Å². The van der Waals surface area contributed by atoms with E-state index in [0.717, 1.165) is 37.9 Å². The van der Waals surface area contributed by atoms with Crippen molar-refractivity contribution < 1.29 is 8.42 Å². The summed E-state index contributed by atoms with van der Waals surface area (Å²) in [7, 11) is -3.24. The van der Waals surface area contributed by atoms with E-state index in [1.807, 2.05) is 0 Å². The highest BCUT2D eigenvalue weighted by Crippen LogP contribution is 2.27. The molecule has 1 aliphatic rings. The molecule has 0 spiro atoms. The average Bonchev–Trinajstić information content (AvgIpc) is 2.53. The van der Waals surface area contributed by atoms with Crippen molar-refractivity contribution in [1.29, 1.82) is 0 Å². The molecule has 2 N–H and O–H groups in total. The predicted octanol–water partition coefficient (Wildman–Crippen LogP) is 4.10. The van der Waals surface area contributed by atoms with Crippen LogP contribution in [-0.4, -0.2) is 32.0 Å². The Labute approximate surface area is 151 Å². The molecular weight excluding hydrogens is 340 g/mol. The molecule has 136 valence electrons. The van der Waals surface area contributed by atoms with Gasteiger partial charge < -0.3 is 5.32 Å². The van der Waals surface area contributed by atoms with E-state index in [1.54, 1.807) is 32.5 Å². The summed E-state index contributed by atoms with van der Waals surface area (Å²) in [6.07, 6.45) is 6.05. The van der Waals surface area contributed by atoms with Crippen molar-refractivity contribution in [3.63, 3.8) is 0 Å². The molecule has 0 bridgehead atoms. The van der Waals surface area contributed by atoms with E-state index in [4.69, 9.17) is 0 Å². The second-order valence-electron chi connectivity index (χ2n) is 7.56. The fourth-order valence-corrected chi connectivity index (χ4v) is 4.29. The van der Waals surface area contributed by atoms with Crippen LogP contribution in [0.1, 0.15) is 46.5 Å². The first-order chi connectivity index (χ1) is 11.2. The molecule has 0 aromatic heterocycles. The lowest BCUT2D eigenvalue weighted by Gasteiger charge is -2.31. The van der Waals surface area contributed by atoms with Gasteiger partial charge in [0.05, 0.1) is 4.75 Å². The molecular formula is C18H30N2O2S2. The monoisotopic (exact) mass is 370 g/mol. The largest absolute Gasteiger partial charge is 0.385 e. The highest BCUT2D eigenvalue weighted by Gasteiger charge is 2.32. The van der Waals surface area contributed by atoms with E-state index < -0.39 is 14.8 Å². The van der Waals surface area contributed by atoms with Gasteiger partial charge in [-0.25, -0.2) is 13.1 Å². The smallest absolute Gasteiger partial charge is 0.216 e. The third-order valence-corrected chi connectivity index (χ3v) is 7.66.